The molecule has 0 aliphatic carbocycles. The van der Waals surface area contributed by atoms with Gasteiger partial charge in [0.2, 0.25) is 5.78 Å². The molecule has 0 saturated carbocycles. The van der Waals surface area contributed by atoms with Gasteiger partial charge in [-0.05, 0) is 32.0 Å². The van der Waals surface area contributed by atoms with E-state index in [1.807, 2.05) is 50.2 Å². The van der Waals surface area contributed by atoms with E-state index in [0.29, 0.717) is 41.4 Å². The molecule has 152 valence electrons. The van der Waals surface area contributed by atoms with Crippen LogP contribution in [-0.2, 0) is 4.74 Å². The average Bonchev–Trinajstić information content (AvgIpc) is 2.78. The predicted octanol–water partition coefficient (Wildman–Crippen LogP) is 4.86. The number of ketones is 1. The Morgan fingerprint density at radius 2 is 1.33 bits per heavy atom. The van der Waals surface area contributed by atoms with Crippen molar-refractivity contribution < 1.29 is 23.8 Å². The van der Waals surface area contributed by atoms with Crippen LogP contribution in [0.5, 0.6) is 11.5 Å². The Labute approximate surface area is 175 Å². The normalized spacial score (nSPS) is 13.4. The van der Waals surface area contributed by atoms with Crippen LogP contribution < -0.4 is 9.47 Å². The number of carbonyl (C=O) groups excluding carboxylic acids is 2. The van der Waals surface area contributed by atoms with E-state index in [2.05, 4.69) is 0 Å². The number of aryl methyl sites for hydroxylation is 2. The van der Waals surface area contributed by atoms with Crippen molar-refractivity contribution in [1.82, 2.24) is 0 Å². The van der Waals surface area contributed by atoms with Gasteiger partial charge in [-0.3, -0.25) is 4.79 Å². The first-order chi connectivity index (χ1) is 14.5. The molecule has 0 spiro atoms. The molecule has 0 radical (unpaired) electrons. The third kappa shape index (κ3) is 4.20. The van der Waals surface area contributed by atoms with E-state index in [-0.39, 0.29) is 5.78 Å². The van der Waals surface area contributed by atoms with Gasteiger partial charge in [-0.15, -0.1) is 0 Å². The fourth-order valence-corrected chi connectivity index (χ4v) is 3.23. The monoisotopic (exact) mass is 402 g/mol. The summed E-state index contributed by atoms with van der Waals surface area (Å²) in [5, 5.41) is 0. The minimum absolute atomic E-state index is 0.273. The van der Waals surface area contributed by atoms with Gasteiger partial charge in [-0.25, -0.2) is 4.79 Å². The Morgan fingerprint density at radius 3 is 2.00 bits per heavy atom. The molecule has 0 saturated heterocycles. The summed E-state index contributed by atoms with van der Waals surface area (Å²) in [4.78, 5) is 26.1. The standard InChI is InChI=1S/C25H22O5/c1-16-3-7-18(8-4-16)23(26)24(19-9-5-17(2)6-10-19)30-25(27)20-11-12-21-22(15-20)29-14-13-28-21/h3-12,15,24H,13-14H2,1-2H3/t24-/m1/s1. The van der Waals surface area contributed by atoms with Gasteiger partial charge in [-0.2, -0.15) is 0 Å². The first kappa shape index (κ1) is 19.7. The second-order valence-corrected chi connectivity index (χ2v) is 7.28. The van der Waals surface area contributed by atoms with Crippen molar-refractivity contribution in [2.75, 3.05) is 13.2 Å². The smallest absolute Gasteiger partial charge is 0.339 e. The lowest BCUT2D eigenvalue weighted by Crippen LogP contribution is -2.21. The number of carbonyl (C=O) groups is 2. The molecule has 0 unspecified atom stereocenters. The number of rotatable bonds is 5. The van der Waals surface area contributed by atoms with Crippen molar-refractivity contribution in [3.05, 3.63) is 94.5 Å². The van der Waals surface area contributed by atoms with Crippen molar-refractivity contribution >= 4 is 11.8 Å². The third-order valence-electron chi connectivity index (χ3n) is 4.96. The summed E-state index contributed by atoms with van der Waals surface area (Å²) in [6.07, 6.45) is -1.05. The topological polar surface area (TPSA) is 61.8 Å². The van der Waals surface area contributed by atoms with E-state index in [9.17, 15) is 9.59 Å². The Bertz CT molecular complexity index is 1070. The van der Waals surface area contributed by atoms with Crippen molar-refractivity contribution in [2.24, 2.45) is 0 Å². The molecule has 4 rings (SSSR count). The van der Waals surface area contributed by atoms with Crippen LogP contribution in [0, 0.1) is 13.8 Å². The third-order valence-corrected chi connectivity index (χ3v) is 4.96. The van der Waals surface area contributed by atoms with Gasteiger partial charge >= 0.3 is 5.97 Å². The summed E-state index contributed by atoms with van der Waals surface area (Å²) in [5.41, 5.74) is 3.51. The molecule has 5 heteroatoms. The van der Waals surface area contributed by atoms with Crippen LogP contribution in [0.15, 0.2) is 66.7 Å². The van der Waals surface area contributed by atoms with Gasteiger partial charge in [0.25, 0.3) is 0 Å². The average molecular weight is 402 g/mol. The highest BCUT2D eigenvalue weighted by molar-refractivity contribution is 6.02. The van der Waals surface area contributed by atoms with Crippen molar-refractivity contribution in [3.8, 4) is 11.5 Å². The molecule has 1 heterocycles. The van der Waals surface area contributed by atoms with Crippen molar-refractivity contribution in [3.63, 3.8) is 0 Å². The van der Waals surface area contributed by atoms with Crippen LogP contribution in [0.25, 0.3) is 0 Å². The van der Waals surface area contributed by atoms with Crippen LogP contribution >= 0.6 is 0 Å². The van der Waals surface area contributed by atoms with E-state index >= 15 is 0 Å². The molecule has 0 aromatic heterocycles. The molecular formula is C25H22O5. The molecule has 0 N–H and O–H groups in total. The zero-order valence-corrected chi connectivity index (χ0v) is 16.9. The molecule has 0 amide bonds. The second kappa shape index (κ2) is 8.41. The van der Waals surface area contributed by atoms with Gasteiger partial charge in [0.1, 0.15) is 13.2 Å². The van der Waals surface area contributed by atoms with Crippen LogP contribution in [0.2, 0.25) is 0 Å². The zero-order chi connectivity index (χ0) is 21.1. The van der Waals surface area contributed by atoms with E-state index < -0.39 is 12.1 Å². The molecule has 5 nitrogen and oxygen atoms in total. The highest BCUT2D eigenvalue weighted by atomic mass is 16.6. The summed E-state index contributed by atoms with van der Waals surface area (Å²) in [5.74, 6) is 0.207. The van der Waals surface area contributed by atoms with Gasteiger partial charge < -0.3 is 14.2 Å². The van der Waals surface area contributed by atoms with Crippen LogP contribution in [0.1, 0.15) is 43.5 Å². The first-order valence-electron chi connectivity index (χ1n) is 9.79. The van der Waals surface area contributed by atoms with Gasteiger partial charge in [0.15, 0.2) is 17.6 Å². The zero-order valence-electron chi connectivity index (χ0n) is 16.9. The first-order valence-corrected chi connectivity index (χ1v) is 9.79. The van der Waals surface area contributed by atoms with Gasteiger partial charge in [-0.1, -0.05) is 59.7 Å². The number of fused-ring (bicyclic) bond motifs is 1. The van der Waals surface area contributed by atoms with E-state index in [0.717, 1.165) is 11.1 Å². The van der Waals surface area contributed by atoms with E-state index in [1.165, 1.54) is 0 Å². The largest absolute Gasteiger partial charge is 0.486 e. The SMILES string of the molecule is Cc1ccc(C(=O)[C@H](OC(=O)c2ccc3c(c2)OCCO3)c2ccc(C)cc2)cc1. The molecule has 1 aliphatic rings. The van der Waals surface area contributed by atoms with Gasteiger partial charge in [0, 0.05) is 11.1 Å². The number of esters is 1. The molecular weight excluding hydrogens is 380 g/mol. The minimum Gasteiger partial charge on any atom is -0.486 e. The van der Waals surface area contributed by atoms with Crippen LogP contribution in [0.3, 0.4) is 0 Å². The Hall–Kier alpha value is -3.60. The number of benzene rings is 3. The number of hydrogen-bond acceptors (Lipinski definition) is 5. The minimum atomic E-state index is -1.05. The predicted molar refractivity (Wildman–Crippen MR) is 112 cm³/mol. The lowest BCUT2D eigenvalue weighted by Gasteiger charge is -2.20. The molecule has 30 heavy (non-hydrogen) atoms. The summed E-state index contributed by atoms with van der Waals surface area (Å²) in [6.45, 7) is 4.80. The molecule has 3 aromatic rings. The molecule has 0 bridgehead atoms. The second-order valence-electron chi connectivity index (χ2n) is 7.28. The number of hydrogen-bond donors (Lipinski definition) is 0. The van der Waals surface area contributed by atoms with Crippen LogP contribution in [-0.4, -0.2) is 25.0 Å². The molecule has 3 aromatic carbocycles. The fourth-order valence-electron chi connectivity index (χ4n) is 3.23. The Morgan fingerprint density at radius 1 is 0.767 bits per heavy atom. The fraction of sp³-hybridized carbons (Fsp3) is 0.200. The summed E-state index contributed by atoms with van der Waals surface area (Å²) >= 11 is 0. The van der Waals surface area contributed by atoms with Crippen molar-refractivity contribution in [1.29, 1.82) is 0 Å². The lowest BCUT2D eigenvalue weighted by atomic mass is 9.98. The number of ether oxygens (including phenoxy) is 3. The van der Waals surface area contributed by atoms with E-state index in [1.54, 1.807) is 30.3 Å². The van der Waals surface area contributed by atoms with E-state index in [4.69, 9.17) is 14.2 Å². The van der Waals surface area contributed by atoms with Crippen molar-refractivity contribution in [2.45, 2.75) is 20.0 Å². The quantitative estimate of drug-likeness (QED) is 0.451. The number of Topliss-reactive ketones (excluding diaryl/α,β-unsaturated/α-hetero) is 1. The van der Waals surface area contributed by atoms with Gasteiger partial charge in [0.05, 0.1) is 5.56 Å². The molecule has 1 aliphatic heterocycles. The highest BCUT2D eigenvalue weighted by Gasteiger charge is 2.27. The molecule has 0 fully saturated rings. The Balaban J connectivity index is 1.64. The lowest BCUT2D eigenvalue weighted by molar-refractivity contribution is 0.0279. The summed E-state index contributed by atoms with van der Waals surface area (Å²) < 4.78 is 16.8. The maximum Gasteiger partial charge on any atom is 0.339 e. The van der Waals surface area contributed by atoms with Crippen LogP contribution in [0.4, 0.5) is 0 Å². The maximum atomic E-state index is 13.2. The highest BCUT2D eigenvalue weighted by Crippen LogP contribution is 2.32. The molecule has 1 atom stereocenters. The summed E-state index contributed by atoms with van der Waals surface area (Å²) in [6, 6.07) is 19.5. The maximum absolute atomic E-state index is 13.2. The Kier molecular flexibility index (Phi) is 5.53. The summed E-state index contributed by atoms with van der Waals surface area (Å²) in [7, 11) is 0.